The molecule has 31 heavy (non-hydrogen) atoms. The van der Waals surface area contributed by atoms with E-state index in [4.69, 9.17) is 13.9 Å². The van der Waals surface area contributed by atoms with E-state index >= 15 is 0 Å². The van der Waals surface area contributed by atoms with E-state index in [0.29, 0.717) is 31.2 Å². The van der Waals surface area contributed by atoms with Gasteiger partial charge in [0.1, 0.15) is 23.1 Å². The molecular weight excluding hydrogens is 399 g/mol. The number of piperidine rings is 1. The molecule has 1 aliphatic rings. The predicted octanol–water partition coefficient (Wildman–Crippen LogP) is 4.20. The number of aromatic nitrogens is 1. The van der Waals surface area contributed by atoms with Gasteiger partial charge in [-0.2, -0.15) is 0 Å². The quantitative estimate of drug-likeness (QED) is 0.569. The van der Waals surface area contributed by atoms with Crippen LogP contribution in [0.3, 0.4) is 0 Å². The standard InChI is InChI=1S/C24H25FN2O4/c1-29-20-8-10-21(11-9-20)30-16-23(28)27-12-2-3-18(15-27)24-26-14-22(31-24)13-17-4-6-19(25)7-5-17/h4-11,14,18H,2-3,12-13,15-16H2,1H3. The SMILES string of the molecule is COc1ccc(OCC(=O)N2CCCC(c3ncc(Cc4ccc(F)cc4)o3)C2)cc1. The summed E-state index contributed by atoms with van der Waals surface area (Å²) in [7, 11) is 1.60. The van der Waals surface area contributed by atoms with E-state index in [1.807, 2.05) is 4.90 Å². The first-order valence-electron chi connectivity index (χ1n) is 10.3. The lowest BCUT2D eigenvalue weighted by atomic mass is 9.98. The van der Waals surface area contributed by atoms with E-state index in [0.717, 1.165) is 29.9 Å². The van der Waals surface area contributed by atoms with Gasteiger partial charge in [0.25, 0.3) is 5.91 Å². The van der Waals surface area contributed by atoms with E-state index in [9.17, 15) is 9.18 Å². The summed E-state index contributed by atoms with van der Waals surface area (Å²) < 4.78 is 29.8. The molecule has 0 radical (unpaired) electrons. The minimum Gasteiger partial charge on any atom is -0.497 e. The molecule has 1 aromatic heterocycles. The summed E-state index contributed by atoms with van der Waals surface area (Å²) in [6, 6.07) is 13.5. The van der Waals surface area contributed by atoms with Gasteiger partial charge < -0.3 is 18.8 Å². The molecule has 0 spiro atoms. The number of likely N-dealkylation sites (tertiary alicyclic amines) is 1. The van der Waals surface area contributed by atoms with Crippen molar-refractivity contribution in [2.45, 2.75) is 25.2 Å². The van der Waals surface area contributed by atoms with Crippen molar-refractivity contribution in [3.63, 3.8) is 0 Å². The molecule has 4 rings (SSSR count). The number of amides is 1. The molecule has 3 aromatic rings. The van der Waals surface area contributed by atoms with Crippen molar-refractivity contribution in [1.29, 1.82) is 0 Å². The van der Waals surface area contributed by atoms with Crippen molar-refractivity contribution in [1.82, 2.24) is 9.88 Å². The largest absolute Gasteiger partial charge is 0.497 e. The van der Waals surface area contributed by atoms with E-state index in [1.54, 1.807) is 49.7 Å². The third-order valence-electron chi connectivity index (χ3n) is 5.41. The zero-order valence-electron chi connectivity index (χ0n) is 17.4. The van der Waals surface area contributed by atoms with Crippen molar-refractivity contribution in [3.05, 3.63) is 77.8 Å². The maximum absolute atomic E-state index is 13.1. The number of ether oxygens (including phenoxy) is 2. The summed E-state index contributed by atoms with van der Waals surface area (Å²) in [5.41, 5.74) is 0.959. The van der Waals surface area contributed by atoms with Crippen molar-refractivity contribution in [2.75, 3.05) is 26.8 Å². The van der Waals surface area contributed by atoms with Crippen molar-refractivity contribution in [3.8, 4) is 11.5 Å². The molecule has 0 bridgehead atoms. The summed E-state index contributed by atoms with van der Waals surface area (Å²) in [6.45, 7) is 1.24. The maximum Gasteiger partial charge on any atom is 0.260 e. The fraction of sp³-hybridized carbons (Fsp3) is 0.333. The Morgan fingerprint density at radius 3 is 2.65 bits per heavy atom. The van der Waals surface area contributed by atoms with Crippen LogP contribution in [0.4, 0.5) is 4.39 Å². The Labute approximate surface area is 180 Å². The normalized spacial score (nSPS) is 16.2. The minimum absolute atomic E-state index is 0.0134. The first kappa shape index (κ1) is 20.9. The third kappa shape index (κ3) is 5.42. The number of nitrogens with zero attached hydrogens (tertiary/aromatic N) is 2. The third-order valence-corrected chi connectivity index (χ3v) is 5.41. The fourth-order valence-corrected chi connectivity index (χ4v) is 3.71. The zero-order valence-corrected chi connectivity index (χ0v) is 17.4. The van der Waals surface area contributed by atoms with E-state index in [1.165, 1.54) is 12.1 Å². The summed E-state index contributed by atoms with van der Waals surface area (Å²) in [4.78, 5) is 18.9. The molecular formula is C24H25FN2O4. The first-order chi connectivity index (χ1) is 15.1. The molecule has 7 heteroatoms. The number of hydrogen-bond acceptors (Lipinski definition) is 5. The van der Waals surface area contributed by atoms with Crippen LogP contribution in [0.15, 0.2) is 59.1 Å². The van der Waals surface area contributed by atoms with E-state index in [-0.39, 0.29) is 24.2 Å². The van der Waals surface area contributed by atoms with Crippen molar-refractivity contribution in [2.24, 2.45) is 0 Å². The number of oxazole rings is 1. The van der Waals surface area contributed by atoms with E-state index < -0.39 is 0 Å². The van der Waals surface area contributed by atoms with Gasteiger partial charge in [0.2, 0.25) is 0 Å². The molecule has 0 aliphatic carbocycles. The van der Waals surface area contributed by atoms with Crippen molar-refractivity contribution >= 4 is 5.91 Å². The molecule has 1 unspecified atom stereocenters. The number of methoxy groups -OCH3 is 1. The zero-order chi connectivity index (χ0) is 21.6. The Bertz CT molecular complexity index is 1000. The van der Waals surface area contributed by atoms with Gasteiger partial charge in [0, 0.05) is 19.5 Å². The molecule has 1 amide bonds. The molecule has 2 aromatic carbocycles. The van der Waals surface area contributed by atoms with Gasteiger partial charge in [-0.25, -0.2) is 9.37 Å². The Kier molecular flexibility index (Phi) is 6.50. The Balaban J connectivity index is 1.32. The molecule has 1 saturated heterocycles. The second kappa shape index (κ2) is 9.64. The number of benzene rings is 2. The van der Waals surface area contributed by atoms with Gasteiger partial charge in [0.15, 0.2) is 12.5 Å². The predicted molar refractivity (Wildman–Crippen MR) is 113 cm³/mol. The smallest absolute Gasteiger partial charge is 0.260 e. The van der Waals surface area contributed by atoms with Gasteiger partial charge in [-0.15, -0.1) is 0 Å². The van der Waals surface area contributed by atoms with Gasteiger partial charge in [0.05, 0.1) is 19.2 Å². The average molecular weight is 424 g/mol. The van der Waals surface area contributed by atoms with Crippen LogP contribution < -0.4 is 9.47 Å². The molecule has 2 heterocycles. The van der Waals surface area contributed by atoms with Crippen LogP contribution in [0.2, 0.25) is 0 Å². The first-order valence-corrected chi connectivity index (χ1v) is 10.3. The topological polar surface area (TPSA) is 64.8 Å². The number of hydrogen-bond donors (Lipinski definition) is 0. The highest BCUT2D eigenvalue weighted by Crippen LogP contribution is 2.27. The Morgan fingerprint density at radius 2 is 1.90 bits per heavy atom. The molecule has 162 valence electrons. The van der Waals surface area contributed by atoms with Gasteiger partial charge >= 0.3 is 0 Å². The second-order valence-electron chi connectivity index (χ2n) is 7.61. The molecule has 0 N–H and O–H groups in total. The highest BCUT2D eigenvalue weighted by Gasteiger charge is 2.28. The lowest BCUT2D eigenvalue weighted by molar-refractivity contribution is -0.134. The van der Waals surface area contributed by atoms with Crippen LogP contribution in [-0.4, -0.2) is 42.6 Å². The van der Waals surface area contributed by atoms with Crippen molar-refractivity contribution < 1.29 is 23.1 Å². The molecule has 1 fully saturated rings. The van der Waals surface area contributed by atoms with Gasteiger partial charge in [-0.1, -0.05) is 12.1 Å². The van der Waals surface area contributed by atoms with E-state index in [2.05, 4.69) is 4.98 Å². The summed E-state index contributed by atoms with van der Waals surface area (Å²) >= 11 is 0. The Hall–Kier alpha value is -3.35. The van der Waals surface area contributed by atoms with Gasteiger partial charge in [-0.05, 0) is 54.8 Å². The number of halogens is 1. The van der Waals surface area contributed by atoms with Crippen LogP contribution in [0.25, 0.3) is 0 Å². The molecule has 0 saturated carbocycles. The lowest BCUT2D eigenvalue weighted by Crippen LogP contribution is -2.41. The molecule has 1 aliphatic heterocycles. The summed E-state index contributed by atoms with van der Waals surface area (Å²) in [5.74, 6) is 2.48. The lowest BCUT2D eigenvalue weighted by Gasteiger charge is -2.31. The monoisotopic (exact) mass is 424 g/mol. The highest BCUT2D eigenvalue weighted by molar-refractivity contribution is 5.78. The second-order valence-corrected chi connectivity index (χ2v) is 7.61. The molecule has 1 atom stereocenters. The maximum atomic E-state index is 13.1. The molecule has 6 nitrogen and oxygen atoms in total. The number of carbonyl (C=O) groups is 1. The minimum atomic E-state index is -0.259. The number of carbonyl (C=O) groups excluding carboxylic acids is 1. The van der Waals surface area contributed by atoms with Gasteiger partial charge in [-0.3, -0.25) is 4.79 Å². The summed E-state index contributed by atoms with van der Waals surface area (Å²) in [5, 5.41) is 0. The summed E-state index contributed by atoms with van der Waals surface area (Å²) in [6.07, 6.45) is 4.07. The highest BCUT2D eigenvalue weighted by atomic mass is 19.1. The Morgan fingerprint density at radius 1 is 1.16 bits per heavy atom. The van der Waals surface area contributed by atoms with Crippen LogP contribution in [0, 0.1) is 5.82 Å². The fourth-order valence-electron chi connectivity index (χ4n) is 3.71. The average Bonchev–Trinajstić information content (AvgIpc) is 3.28. The van der Waals surface area contributed by atoms with Crippen LogP contribution >= 0.6 is 0 Å². The van der Waals surface area contributed by atoms with Crippen LogP contribution in [0.5, 0.6) is 11.5 Å². The van der Waals surface area contributed by atoms with Crippen LogP contribution in [-0.2, 0) is 11.2 Å². The van der Waals surface area contributed by atoms with Crippen LogP contribution in [0.1, 0.15) is 36.0 Å². The number of rotatable bonds is 7.